The minimum Gasteiger partial charge on any atom is -0.266 e. The third kappa shape index (κ3) is 1.71. The van der Waals surface area contributed by atoms with E-state index in [1.54, 1.807) is 0 Å². The molecule has 2 nitrogen and oxygen atoms in total. The Balaban J connectivity index is 3.04. The van der Waals surface area contributed by atoms with Crippen LogP contribution in [0.25, 0.3) is 0 Å². The van der Waals surface area contributed by atoms with Crippen molar-refractivity contribution in [3.05, 3.63) is 23.3 Å². The van der Waals surface area contributed by atoms with E-state index in [0.29, 0.717) is 0 Å². The number of nitrogens with zero attached hydrogens (tertiary/aromatic N) is 2. The van der Waals surface area contributed by atoms with Gasteiger partial charge in [0.1, 0.15) is 4.60 Å². The zero-order valence-corrected chi connectivity index (χ0v) is 9.35. The molecule has 1 heterocycles. The van der Waals surface area contributed by atoms with Crippen LogP contribution in [0.1, 0.15) is 32.8 Å². The molecule has 1 aromatic rings. The maximum Gasteiger partial charge on any atom is 0.131 e. The Morgan fingerprint density at radius 1 is 1.67 bits per heavy atom. The van der Waals surface area contributed by atoms with Gasteiger partial charge < -0.3 is 0 Å². The molecule has 0 amide bonds. The van der Waals surface area contributed by atoms with Crippen LogP contribution in [0.3, 0.4) is 0 Å². The average Bonchev–Trinajstić information content (AvgIpc) is 2.33. The summed E-state index contributed by atoms with van der Waals surface area (Å²) in [4.78, 5) is 0. The van der Waals surface area contributed by atoms with E-state index in [4.69, 9.17) is 0 Å². The molecule has 0 aliphatic rings. The van der Waals surface area contributed by atoms with E-state index in [1.165, 1.54) is 0 Å². The molecule has 0 atom stereocenters. The van der Waals surface area contributed by atoms with Crippen LogP contribution in [-0.4, -0.2) is 9.78 Å². The molecule has 1 radical (unpaired) electrons. The van der Waals surface area contributed by atoms with Gasteiger partial charge in [-0.3, -0.25) is 4.68 Å². The van der Waals surface area contributed by atoms with Crippen LogP contribution in [0.5, 0.6) is 0 Å². The zero-order valence-electron chi connectivity index (χ0n) is 7.76. The Hall–Kier alpha value is -0.310. The Morgan fingerprint density at radius 3 is 2.58 bits per heavy atom. The lowest BCUT2D eigenvalue weighted by atomic mass is 10.0. The Labute approximate surface area is 82.1 Å². The van der Waals surface area contributed by atoms with Crippen LogP contribution in [0, 0.1) is 6.92 Å². The van der Waals surface area contributed by atoms with Gasteiger partial charge in [-0.1, -0.05) is 6.92 Å². The highest BCUT2D eigenvalue weighted by Gasteiger charge is 2.19. The van der Waals surface area contributed by atoms with Crippen LogP contribution in [0.2, 0.25) is 0 Å². The molecule has 0 saturated carbocycles. The van der Waals surface area contributed by atoms with Crippen molar-refractivity contribution in [2.24, 2.45) is 0 Å². The number of halogens is 1. The van der Waals surface area contributed by atoms with Crippen molar-refractivity contribution in [2.75, 3.05) is 0 Å². The van der Waals surface area contributed by atoms with Crippen LogP contribution in [0.4, 0.5) is 0 Å². The fraction of sp³-hybridized carbons (Fsp3) is 0.556. The SMILES string of the molecule is [CH2]c1cn(C(C)(C)CC)nc1Br. The van der Waals surface area contributed by atoms with Gasteiger partial charge in [0, 0.05) is 11.8 Å². The van der Waals surface area contributed by atoms with Crippen molar-refractivity contribution in [3.8, 4) is 0 Å². The number of hydrogen-bond donors (Lipinski definition) is 0. The van der Waals surface area contributed by atoms with Gasteiger partial charge in [-0.25, -0.2) is 0 Å². The Morgan fingerprint density at radius 2 is 2.25 bits per heavy atom. The number of hydrogen-bond acceptors (Lipinski definition) is 1. The molecular formula is C9H14BrN2. The highest BCUT2D eigenvalue weighted by Crippen LogP contribution is 2.22. The average molecular weight is 230 g/mol. The standard InChI is InChI=1S/C9H14BrN2/c1-5-9(3,4)12-6-7(2)8(10)11-12/h6H,2,5H2,1,3-4H3. The van der Waals surface area contributed by atoms with E-state index < -0.39 is 0 Å². The Kier molecular flexibility index (Phi) is 2.61. The molecule has 1 aromatic heterocycles. The summed E-state index contributed by atoms with van der Waals surface area (Å²) in [5.41, 5.74) is 1.02. The molecule has 0 unspecified atom stereocenters. The maximum atomic E-state index is 4.32. The highest BCUT2D eigenvalue weighted by atomic mass is 79.9. The Bertz CT molecular complexity index is 257. The predicted octanol–water partition coefficient (Wildman–Crippen LogP) is 2.97. The quantitative estimate of drug-likeness (QED) is 0.763. The van der Waals surface area contributed by atoms with Crippen LogP contribution < -0.4 is 0 Å². The second-order valence-electron chi connectivity index (χ2n) is 3.56. The monoisotopic (exact) mass is 229 g/mol. The van der Waals surface area contributed by atoms with Gasteiger partial charge in [-0.15, -0.1) is 0 Å². The van der Waals surface area contributed by atoms with Crippen LogP contribution in [-0.2, 0) is 5.54 Å². The largest absolute Gasteiger partial charge is 0.266 e. The van der Waals surface area contributed by atoms with Crippen molar-refractivity contribution in [1.82, 2.24) is 9.78 Å². The fourth-order valence-corrected chi connectivity index (χ4v) is 1.13. The van der Waals surface area contributed by atoms with Crippen LogP contribution >= 0.6 is 15.9 Å². The maximum absolute atomic E-state index is 4.32. The van der Waals surface area contributed by atoms with Crippen molar-refractivity contribution in [3.63, 3.8) is 0 Å². The van der Waals surface area contributed by atoms with Gasteiger partial charge in [0.25, 0.3) is 0 Å². The first-order chi connectivity index (χ1) is 5.47. The van der Waals surface area contributed by atoms with E-state index in [2.05, 4.69) is 48.7 Å². The van der Waals surface area contributed by atoms with Gasteiger partial charge in [-0.05, 0) is 43.1 Å². The normalized spacial score (nSPS) is 12.1. The molecule has 0 aliphatic heterocycles. The lowest BCUT2D eigenvalue weighted by molar-refractivity contribution is 0.307. The second kappa shape index (κ2) is 3.21. The predicted molar refractivity (Wildman–Crippen MR) is 54.0 cm³/mol. The lowest BCUT2D eigenvalue weighted by Gasteiger charge is -2.23. The minimum absolute atomic E-state index is 0.0818. The smallest absolute Gasteiger partial charge is 0.131 e. The van der Waals surface area contributed by atoms with E-state index in [1.807, 2.05) is 10.9 Å². The zero-order chi connectivity index (χ0) is 9.35. The van der Waals surface area contributed by atoms with Crippen LogP contribution in [0.15, 0.2) is 10.8 Å². The molecule has 12 heavy (non-hydrogen) atoms. The summed E-state index contributed by atoms with van der Waals surface area (Å²) < 4.78 is 2.79. The summed E-state index contributed by atoms with van der Waals surface area (Å²) >= 11 is 3.34. The second-order valence-corrected chi connectivity index (χ2v) is 4.31. The summed E-state index contributed by atoms with van der Waals surface area (Å²) in [6, 6.07) is 0. The minimum atomic E-state index is 0.0818. The van der Waals surface area contributed by atoms with Crippen molar-refractivity contribution >= 4 is 15.9 Å². The van der Waals surface area contributed by atoms with Gasteiger partial charge in [0.2, 0.25) is 0 Å². The van der Waals surface area contributed by atoms with E-state index >= 15 is 0 Å². The third-order valence-electron chi connectivity index (χ3n) is 2.22. The summed E-state index contributed by atoms with van der Waals surface area (Å²) in [6.45, 7) is 10.3. The topological polar surface area (TPSA) is 17.8 Å². The van der Waals surface area contributed by atoms with E-state index in [9.17, 15) is 0 Å². The summed E-state index contributed by atoms with van der Waals surface area (Å²) in [7, 11) is 0. The van der Waals surface area contributed by atoms with E-state index in [0.717, 1.165) is 16.6 Å². The number of rotatable bonds is 2. The first-order valence-electron chi connectivity index (χ1n) is 4.05. The molecule has 67 valence electrons. The molecule has 0 N–H and O–H groups in total. The van der Waals surface area contributed by atoms with Crippen molar-refractivity contribution < 1.29 is 0 Å². The molecule has 3 heteroatoms. The van der Waals surface area contributed by atoms with Gasteiger partial charge >= 0.3 is 0 Å². The van der Waals surface area contributed by atoms with E-state index in [-0.39, 0.29) is 5.54 Å². The molecular weight excluding hydrogens is 216 g/mol. The van der Waals surface area contributed by atoms with Gasteiger partial charge in [-0.2, -0.15) is 5.10 Å². The lowest BCUT2D eigenvalue weighted by Crippen LogP contribution is -2.25. The summed E-state index contributed by atoms with van der Waals surface area (Å²) in [6.07, 6.45) is 3.02. The number of aromatic nitrogens is 2. The molecule has 0 fully saturated rings. The van der Waals surface area contributed by atoms with Gasteiger partial charge in [0.15, 0.2) is 0 Å². The van der Waals surface area contributed by atoms with Crippen molar-refractivity contribution in [2.45, 2.75) is 32.7 Å². The molecule has 1 rings (SSSR count). The summed E-state index contributed by atoms with van der Waals surface area (Å²) in [5.74, 6) is 0. The molecule has 0 aliphatic carbocycles. The third-order valence-corrected chi connectivity index (χ3v) is 2.89. The first-order valence-corrected chi connectivity index (χ1v) is 4.84. The summed E-state index contributed by atoms with van der Waals surface area (Å²) in [5, 5.41) is 4.32. The van der Waals surface area contributed by atoms with Gasteiger partial charge in [0.05, 0.1) is 5.54 Å². The highest BCUT2D eigenvalue weighted by molar-refractivity contribution is 9.10. The molecule has 0 bridgehead atoms. The van der Waals surface area contributed by atoms with Crippen molar-refractivity contribution in [1.29, 1.82) is 0 Å². The fourth-order valence-electron chi connectivity index (χ4n) is 0.861. The molecule has 0 spiro atoms. The molecule has 0 aromatic carbocycles. The molecule has 0 saturated heterocycles. The first kappa shape index (κ1) is 9.78.